The lowest BCUT2D eigenvalue weighted by Gasteiger charge is -2.35. The van der Waals surface area contributed by atoms with Crippen LogP contribution in [0, 0.1) is 5.41 Å². The van der Waals surface area contributed by atoms with E-state index in [0.29, 0.717) is 12.1 Å². The number of fused-ring (bicyclic) bond motifs is 1. The summed E-state index contributed by atoms with van der Waals surface area (Å²) in [5.41, 5.74) is 4.29. The van der Waals surface area contributed by atoms with Crippen LogP contribution < -0.4 is 15.0 Å². The van der Waals surface area contributed by atoms with Crippen LogP contribution >= 0.6 is 0 Å². The van der Waals surface area contributed by atoms with Crippen LogP contribution in [0.2, 0.25) is 0 Å². The lowest BCUT2D eigenvalue weighted by Crippen LogP contribution is -2.33. The van der Waals surface area contributed by atoms with Gasteiger partial charge in [0.2, 0.25) is 0 Å². The Kier molecular flexibility index (Phi) is 4.88. The predicted molar refractivity (Wildman–Crippen MR) is 112 cm³/mol. The molecular weight excluding hydrogens is 334 g/mol. The number of nitrogens with one attached hydrogen (secondary N) is 2. The van der Waals surface area contributed by atoms with Crippen molar-refractivity contribution in [3.8, 4) is 11.5 Å². The summed E-state index contributed by atoms with van der Waals surface area (Å²) in [5.74, 6) is 1.71. The first-order valence-electron chi connectivity index (χ1n) is 9.76. The molecule has 2 N–H and O–H groups in total. The van der Waals surface area contributed by atoms with E-state index in [2.05, 4.69) is 36.3 Å². The van der Waals surface area contributed by atoms with E-state index in [1.807, 2.05) is 36.5 Å². The summed E-state index contributed by atoms with van der Waals surface area (Å²) in [5, 5.41) is 11.4. The van der Waals surface area contributed by atoms with Crippen molar-refractivity contribution in [2.75, 3.05) is 11.9 Å². The molecule has 0 amide bonds. The molecule has 2 aromatic rings. The second-order valence-electron chi connectivity index (χ2n) is 7.54. The fourth-order valence-electron chi connectivity index (χ4n) is 3.58. The molecule has 4 nitrogen and oxygen atoms in total. The van der Waals surface area contributed by atoms with Crippen LogP contribution in [-0.2, 0) is 6.42 Å². The standard InChI is InChI=1S/C23H27N3O/c1-16-8-11-21-22(26(16)2)13-12-20(17(14-24)15-25-18-9-10-18)23(21)27-19-6-4-3-5-7-19/h3-7,12-16,18,24-25H,8-11H2,1-2H3/b17-15+,24-14?. The summed E-state index contributed by atoms with van der Waals surface area (Å²) in [7, 11) is 2.15. The first kappa shape index (κ1) is 17.7. The maximum absolute atomic E-state index is 7.95. The second kappa shape index (κ2) is 7.47. The Morgan fingerprint density at radius 1 is 1.15 bits per heavy atom. The minimum absolute atomic E-state index is 0.516. The van der Waals surface area contributed by atoms with Gasteiger partial charge in [-0.05, 0) is 56.9 Å². The number of para-hydroxylation sites is 1. The van der Waals surface area contributed by atoms with Gasteiger partial charge in [0, 0.05) is 53.9 Å². The summed E-state index contributed by atoms with van der Waals surface area (Å²) >= 11 is 0. The van der Waals surface area contributed by atoms with Crippen molar-refractivity contribution < 1.29 is 4.74 Å². The molecule has 0 aromatic heterocycles. The van der Waals surface area contributed by atoms with E-state index in [4.69, 9.17) is 10.1 Å². The van der Waals surface area contributed by atoms with Crippen LogP contribution in [0.25, 0.3) is 5.57 Å². The average molecular weight is 361 g/mol. The topological polar surface area (TPSA) is 48.4 Å². The van der Waals surface area contributed by atoms with E-state index in [1.165, 1.54) is 30.3 Å². The number of hydrogen-bond acceptors (Lipinski definition) is 4. The zero-order valence-electron chi connectivity index (χ0n) is 16.0. The molecular formula is C23H27N3O. The van der Waals surface area contributed by atoms with E-state index in [1.54, 1.807) is 0 Å². The molecule has 1 saturated carbocycles. The van der Waals surface area contributed by atoms with Crippen LogP contribution in [0.4, 0.5) is 5.69 Å². The number of allylic oxidation sites excluding steroid dienone is 1. The Morgan fingerprint density at radius 2 is 1.93 bits per heavy atom. The largest absolute Gasteiger partial charge is 0.456 e. The smallest absolute Gasteiger partial charge is 0.140 e. The Labute approximate surface area is 161 Å². The lowest BCUT2D eigenvalue weighted by atomic mass is 9.92. The maximum atomic E-state index is 7.95. The Morgan fingerprint density at radius 3 is 2.63 bits per heavy atom. The molecule has 2 aromatic carbocycles. The molecule has 1 aliphatic carbocycles. The van der Waals surface area contributed by atoms with Gasteiger partial charge in [0.15, 0.2) is 0 Å². The molecule has 2 aliphatic rings. The average Bonchev–Trinajstić information content (AvgIpc) is 3.51. The van der Waals surface area contributed by atoms with Crippen molar-refractivity contribution in [3.05, 3.63) is 59.8 Å². The van der Waals surface area contributed by atoms with Gasteiger partial charge in [-0.25, -0.2) is 0 Å². The molecule has 4 heteroatoms. The number of anilines is 1. The summed E-state index contributed by atoms with van der Waals surface area (Å²) in [4.78, 5) is 2.33. The molecule has 4 rings (SSSR count). The van der Waals surface area contributed by atoms with Crippen molar-refractivity contribution in [3.63, 3.8) is 0 Å². The molecule has 1 heterocycles. The molecule has 1 atom stereocenters. The van der Waals surface area contributed by atoms with E-state index >= 15 is 0 Å². The van der Waals surface area contributed by atoms with Gasteiger partial charge < -0.3 is 20.4 Å². The Bertz CT molecular complexity index is 855. The number of hydrogen-bond donors (Lipinski definition) is 2. The third-order valence-electron chi connectivity index (χ3n) is 5.57. The maximum Gasteiger partial charge on any atom is 0.140 e. The Balaban J connectivity index is 1.79. The van der Waals surface area contributed by atoms with Gasteiger partial charge in [-0.3, -0.25) is 0 Å². The molecule has 140 valence electrons. The molecule has 0 spiro atoms. The zero-order chi connectivity index (χ0) is 18.8. The monoisotopic (exact) mass is 361 g/mol. The van der Waals surface area contributed by atoms with Gasteiger partial charge in [-0.1, -0.05) is 18.2 Å². The van der Waals surface area contributed by atoms with Crippen LogP contribution in [0.3, 0.4) is 0 Å². The molecule has 1 unspecified atom stereocenters. The van der Waals surface area contributed by atoms with E-state index in [-0.39, 0.29) is 0 Å². The minimum Gasteiger partial charge on any atom is -0.456 e. The predicted octanol–water partition coefficient (Wildman–Crippen LogP) is 4.99. The number of nitrogens with zero attached hydrogens (tertiary/aromatic N) is 1. The van der Waals surface area contributed by atoms with Gasteiger partial charge in [-0.2, -0.15) is 0 Å². The fourth-order valence-corrected chi connectivity index (χ4v) is 3.58. The van der Waals surface area contributed by atoms with E-state index in [0.717, 1.165) is 35.5 Å². The number of benzene rings is 2. The van der Waals surface area contributed by atoms with E-state index in [9.17, 15) is 0 Å². The van der Waals surface area contributed by atoms with Gasteiger partial charge in [0.25, 0.3) is 0 Å². The third kappa shape index (κ3) is 3.70. The highest BCUT2D eigenvalue weighted by atomic mass is 16.5. The quantitative estimate of drug-likeness (QED) is 0.713. The number of rotatable bonds is 6. The molecule has 1 fully saturated rings. The summed E-state index contributed by atoms with van der Waals surface area (Å²) < 4.78 is 6.40. The highest BCUT2D eigenvalue weighted by Crippen LogP contribution is 2.42. The van der Waals surface area contributed by atoms with Gasteiger partial charge in [0.1, 0.15) is 11.5 Å². The first-order chi connectivity index (χ1) is 13.2. The molecule has 0 saturated heterocycles. The van der Waals surface area contributed by atoms with E-state index < -0.39 is 0 Å². The summed E-state index contributed by atoms with van der Waals surface area (Å²) in [6.45, 7) is 2.26. The summed E-state index contributed by atoms with van der Waals surface area (Å²) in [6.07, 6.45) is 7.90. The minimum atomic E-state index is 0.516. The second-order valence-corrected chi connectivity index (χ2v) is 7.54. The van der Waals surface area contributed by atoms with Crippen LogP contribution in [-0.4, -0.2) is 25.3 Å². The summed E-state index contributed by atoms with van der Waals surface area (Å²) in [6, 6.07) is 15.3. The van der Waals surface area contributed by atoms with Crippen molar-refractivity contribution in [2.45, 2.75) is 44.7 Å². The number of ether oxygens (including phenoxy) is 1. The van der Waals surface area contributed by atoms with Crippen LogP contribution in [0.15, 0.2) is 48.7 Å². The van der Waals surface area contributed by atoms with Crippen LogP contribution in [0.5, 0.6) is 11.5 Å². The lowest BCUT2D eigenvalue weighted by molar-refractivity contribution is 0.467. The third-order valence-corrected chi connectivity index (χ3v) is 5.57. The fraction of sp³-hybridized carbons (Fsp3) is 0.348. The molecule has 0 radical (unpaired) electrons. The van der Waals surface area contributed by atoms with Crippen LogP contribution in [0.1, 0.15) is 37.3 Å². The SMILES string of the molecule is CC1CCc2c(ccc(/C(C=N)=C/NC3CC3)c2Oc2ccccc2)N1C. The zero-order valence-corrected chi connectivity index (χ0v) is 16.0. The highest BCUT2D eigenvalue weighted by molar-refractivity contribution is 6.09. The molecule has 27 heavy (non-hydrogen) atoms. The van der Waals surface area contributed by atoms with Crippen molar-refractivity contribution >= 4 is 17.5 Å². The molecule has 0 bridgehead atoms. The normalized spacial score (nSPS) is 19.4. The van der Waals surface area contributed by atoms with Crippen molar-refractivity contribution in [1.29, 1.82) is 5.41 Å². The first-order valence-corrected chi connectivity index (χ1v) is 9.76. The van der Waals surface area contributed by atoms with Gasteiger partial charge in [0.05, 0.1) is 0 Å². The highest BCUT2D eigenvalue weighted by Gasteiger charge is 2.26. The molecule has 1 aliphatic heterocycles. The van der Waals surface area contributed by atoms with Crippen molar-refractivity contribution in [2.24, 2.45) is 0 Å². The van der Waals surface area contributed by atoms with Crippen molar-refractivity contribution in [1.82, 2.24) is 5.32 Å². The van der Waals surface area contributed by atoms with Gasteiger partial charge >= 0.3 is 0 Å². The Hall–Kier alpha value is -2.75. The van der Waals surface area contributed by atoms with Gasteiger partial charge in [-0.15, -0.1) is 0 Å².